The van der Waals surface area contributed by atoms with Crippen molar-refractivity contribution in [1.29, 1.82) is 0 Å². The van der Waals surface area contributed by atoms with Crippen LogP contribution in [0.4, 0.5) is 10.5 Å². The molecule has 8 nitrogen and oxygen atoms in total. The van der Waals surface area contributed by atoms with Crippen molar-refractivity contribution >= 4 is 51.5 Å². The van der Waals surface area contributed by atoms with E-state index >= 15 is 0 Å². The lowest BCUT2D eigenvalue weighted by Crippen LogP contribution is -2.54. The highest BCUT2D eigenvalue weighted by Gasteiger charge is 2.37. The summed E-state index contributed by atoms with van der Waals surface area (Å²) < 4.78 is 11.5. The molecule has 33 heavy (non-hydrogen) atoms. The Morgan fingerprint density at radius 2 is 1.73 bits per heavy atom. The molecule has 1 fully saturated rings. The van der Waals surface area contributed by atoms with E-state index in [0.29, 0.717) is 22.6 Å². The molecule has 0 atom stereocenters. The molecule has 166 valence electrons. The summed E-state index contributed by atoms with van der Waals surface area (Å²) in [5.41, 5.74) is 1.19. The van der Waals surface area contributed by atoms with Crippen LogP contribution in [0.3, 0.4) is 0 Å². The molecule has 9 heteroatoms. The molecule has 4 rings (SSSR count). The van der Waals surface area contributed by atoms with Gasteiger partial charge in [-0.05, 0) is 61.5 Å². The van der Waals surface area contributed by atoms with Gasteiger partial charge in [-0.3, -0.25) is 14.9 Å². The number of ether oxygens (including phenoxy) is 1. The second kappa shape index (κ2) is 9.25. The van der Waals surface area contributed by atoms with Crippen LogP contribution in [0.5, 0.6) is 0 Å². The number of esters is 1. The summed E-state index contributed by atoms with van der Waals surface area (Å²) in [6, 6.07) is 15.6. The molecule has 0 spiro atoms. The van der Waals surface area contributed by atoms with Crippen molar-refractivity contribution in [3.63, 3.8) is 0 Å². The van der Waals surface area contributed by atoms with Gasteiger partial charge in [-0.15, -0.1) is 0 Å². The molecular formula is C24H17BrN2O6. The van der Waals surface area contributed by atoms with E-state index in [9.17, 15) is 19.2 Å². The molecule has 3 aromatic rings. The number of nitrogens with zero attached hydrogens (tertiary/aromatic N) is 1. The Labute approximate surface area is 197 Å². The molecule has 2 aromatic carbocycles. The number of nitrogens with one attached hydrogen (secondary N) is 1. The van der Waals surface area contributed by atoms with Crippen LogP contribution in [-0.2, 0) is 14.3 Å². The van der Waals surface area contributed by atoms with Crippen LogP contribution in [0.15, 0.2) is 75.1 Å². The van der Waals surface area contributed by atoms with Gasteiger partial charge in [0.1, 0.15) is 17.1 Å². The van der Waals surface area contributed by atoms with Gasteiger partial charge < -0.3 is 9.15 Å². The first-order chi connectivity index (χ1) is 15.9. The monoisotopic (exact) mass is 508 g/mol. The van der Waals surface area contributed by atoms with Gasteiger partial charge in [0.25, 0.3) is 11.8 Å². The summed E-state index contributed by atoms with van der Waals surface area (Å²) >= 11 is 3.30. The lowest BCUT2D eigenvalue weighted by molar-refractivity contribution is -0.122. The zero-order valence-corrected chi connectivity index (χ0v) is 18.9. The summed E-state index contributed by atoms with van der Waals surface area (Å²) in [6.45, 7) is 2.02. The maximum atomic E-state index is 12.9. The first kappa shape index (κ1) is 22.2. The molecular weight excluding hydrogens is 492 g/mol. The van der Waals surface area contributed by atoms with E-state index in [1.54, 1.807) is 67.6 Å². The fourth-order valence-corrected chi connectivity index (χ4v) is 3.46. The number of carbonyl (C=O) groups is 4. The van der Waals surface area contributed by atoms with Gasteiger partial charge in [-0.25, -0.2) is 14.5 Å². The van der Waals surface area contributed by atoms with Crippen molar-refractivity contribution in [2.24, 2.45) is 0 Å². The maximum Gasteiger partial charge on any atom is 0.338 e. The summed E-state index contributed by atoms with van der Waals surface area (Å²) in [6.07, 6.45) is 1.28. The Kier molecular flexibility index (Phi) is 6.23. The summed E-state index contributed by atoms with van der Waals surface area (Å²) in [5.74, 6) is -1.26. The first-order valence-corrected chi connectivity index (χ1v) is 10.7. The second-order valence-corrected chi connectivity index (χ2v) is 7.85. The molecule has 1 saturated heterocycles. The zero-order chi connectivity index (χ0) is 23.5. The first-order valence-electron chi connectivity index (χ1n) is 9.92. The Balaban J connectivity index is 1.59. The number of halogens is 1. The van der Waals surface area contributed by atoms with E-state index in [-0.39, 0.29) is 17.9 Å². The number of benzene rings is 2. The minimum absolute atomic E-state index is 0.240. The third-order valence-corrected chi connectivity index (χ3v) is 5.31. The fourth-order valence-electron chi connectivity index (χ4n) is 3.19. The van der Waals surface area contributed by atoms with Gasteiger partial charge in [0.05, 0.1) is 17.9 Å². The maximum absolute atomic E-state index is 12.9. The highest BCUT2D eigenvalue weighted by atomic mass is 79.9. The summed E-state index contributed by atoms with van der Waals surface area (Å²) in [7, 11) is 0. The molecule has 1 aliphatic rings. The molecule has 0 radical (unpaired) electrons. The van der Waals surface area contributed by atoms with Crippen LogP contribution in [-0.4, -0.2) is 30.4 Å². The van der Waals surface area contributed by atoms with Crippen LogP contribution in [0, 0.1) is 0 Å². The SMILES string of the molecule is CCOC(=O)c1ccc(-c2ccc(C=C3C(=O)NC(=O)N(c4ccc(Br)cc4)C3=O)o2)cc1. The minimum atomic E-state index is -0.828. The van der Waals surface area contributed by atoms with Crippen molar-refractivity contribution < 1.29 is 28.3 Å². The highest BCUT2D eigenvalue weighted by molar-refractivity contribution is 9.10. The van der Waals surface area contributed by atoms with Gasteiger partial charge >= 0.3 is 12.0 Å². The van der Waals surface area contributed by atoms with Gasteiger partial charge in [-0.1, -0.05) is 28.1 Å². The Hall–Kier alpha value is -3.98. The molecule has 1 N–H and O–H groups in total. The normalized spacial score (nSPS) is 15.0. The highest BCUT2D eigenvalue weighted by Crippen LogP contribution is 2.27. The van der Waals surface area contributed by atoms with Crippen molar-refractivity contribution in [3.05, 3.63) is 82.0 Å². The third-order valence-electron chi connectivity index (χ3n) is 4.78. The van der Waals surface area contributed by atoms with Gasteiger partial charge in [0, 0.05) is 10.0 Å². The number of amides is 4. The molecule has 0 unspecified atom stereocenters. The molecule has 0 bridgehead atoms. The van der Waals surface area contributed by atoms with E-state index in [2.05, 4.69) is 21.2 Å². The quantitative estimate of drug-likeness (QED) is 0.307. The number of imide groups is 2. The Morgan fingerprint density at radius 1 is 1.03 bits per heavy atom. The average Bonchev–Trinajstić information content (AvgIpc) is 3.27. The van der Waals surface area contributed by atoms with E-state index in [4.69, 9.17) is 9.15 Å². The van der Waals surface area contributed by atoms with Crippen molar-refractivity contribution in [3.8, 4) is 11.3 Å². The minimum Gasteiger partial charge on any atom is -0.462 e. The smallest absolute Gasteiger partial charge is 0.338 e. The molecule has 4 amide bonds. The van der Waals surface area contributed by atoms with Crippen molar-refractivity contribution in [2.45, 2.75) is 6.92 Å². The van der Waals surface area contributed by atoms with E-state index in [0.717, 1.165) is 9.37 Å². The molecule has 1 aliphatic heterocycles. The summed E-state index contributed by atoms with van der Waals surface area (Å²) in [4.78, 5) is 50.3. The number of hydrogen-bond acceptors (Lipinski definition) is 6. The predicted octanol–water partition coefficient (Wildman–Crippen LogP) is 4.55. The Bertz CT molecular complexity index is 1280. The zero-order valence-electron chi connectivity index (χ0n) is 17.3. The lowest BCUT2D eigenvalue weighted by Gasteiger charge is -2.26. The van der Waals surface area contributed by atoms with Gasteiger partial charge in [0.15, 0.2) is 0 Å². The standard InChI is InChI=1S/C24H17BrN2O6/c1-2-32-23(30)15-5-3-14(4-6-15)20-12-11-18(33-20)13-19-21(28)26-24(31)27(22(19)29)17-9-7-16(25)8-10-17/h3-13H,2H2,1H3,(H,26,28,31). The van der Waals surface area contributed by atoms with Crippen molar-refractivity contribution in [2.75, 3.05) is 11.5 Å². The van der Waals surface area contributed by atoms with Gasteiger partial charge in [0.2, 0.25) is 0 Å². The largest absolute Gasteiger partial charge is 0.462 e. The number of carbonyl (C=O) groups excluding carboxylic acids is 4. The predicted molar refractivity (Wildman–Crippen MR) is 123 cm³/mol. The van der Waals surface area contributed by atoms with E-state index in [1.807, 2.05) is 0 Å². The number of anilines is 1. The molecule has 1 aromatic heterocycles. The van der Waals surface area contributed by atoms with E-state index < -0.39 is 23.8 Å². The fraction of sp³-hybridized carbons (Fsp3) is 0.0833. The Morgan fingerprint density at radius 3 is 2.39 bits per heavy atom. The number of hydrogen-bond donors (Lipinski definition) is 1. The molecule has 0 aliphatic carbocycles. The molecule has 2 heterocycles. The van der Waals surface area contributed by atoms with Crippen LogP contribution in [0.1, 0.15) is 23.0 Å². The van der Waals surface area contributed by atoms with Crippen LogP contribution >= 0.6 is 15.9 Å². The number of barbiturate groups is 1. The van der Waals surface area contributed by atoms with Crippen LogP contribution in [0.2, 0.25) is 0 Å². The molecule has 0 saturated carbocycles. The van der Waals surface area contributed by atoms with Crippen molar-refractivity contribution in [1.82, 2.24) is 5.32 Å². The van der Waals surface area contributed by atoms with Crippen LogP contribution < -0.4 is 10.2 Å². The number of rotatable bonds is 5. The summed E-state index contributed by atoms with van der Waals surface area (Å²) in [5, 5.41) is 2.17. The number of urea groups is 1. The topological polar surface area (TPSA) is 106 Å². The number of furan rings is 1. The average molecular weight is 509 g/mol. The van der Waals surface area contributed by atoms with Crippen LogP contribution in [0.25, 0.3) is 17.4 Å². The lowest BCUT2D eigenvalue weighted by atomic mass is 10.1. The van der Waals surface area contributed by atoms with Gasteiger partial charge in [-0.2, -0.15) is 0 Å². The van der Waals surface area contributed by atoms with E-state index in [1.165, 1.54) is 6.08 Å². The third kappa shape index (κ3) is 4.63. The second-order valence-electron chi connectivity index (χ2n) is 6.93.